The number of fused-ring (bicyclic) bond motifs is 1. The molecule has 0 bridgehead atoms. The molecule has 2 aromatic rings. The summed E-state index contributed by atoms with van der Waals surface area (Å²) >= 11 is 0. The summed E-state index contributed by atoms with van der Waals surface area (Å²) in [7, 11) is 0. The fourth-order valence-electron chi connectivity index (χ4n) is 3.10. The minimum absolute atomic E-state index is 0.231. The number of ether oxygens (including phenoxy) is 4. The van der Waals surface area contributed by atoms with Crippen LogP contribution >= 0.6 is 0 Å². The number of cyclic esters (lactones) is 1. The first-order valence-electron chi connectivity index (χ1n) is 9.00. The van der Waals surface area contributed by atoms with E-state index in [1.807, 2.05) is 57.2 Å². The van der Waals surface area contributed by atoms with E-state index in [1.54, 1.807) is 0 Å². The number of rotatable bonds is 7. The van der Waals surface area contributed by atoms with Crippen LogP contribution in [0.1, 0.15) is 43.6 Å². The Hall–Kier alpha value is -2.69. The summed E-state index contributed by atoms with van der Waals surface area (Å²) in [5, 5.41) is 0. The molecule has 0 aliphatic carbocycles. The molecule has 5 heteroatoms. The Labute approximate surface area is 153 Å². The molecule has 3 rings (SSSR count). The lowest BCUT2D eigenvalue weighted by molar-refractivity contribution is -0.148. The molecule has 0 spiro atoms. The van der Waals surface area contributed by atoms with E-state index in [-0.39, 0.29) is 12.4 Å². The van der Waals surface area contributed by atoms with E-state index in [4.69, 9.17) is 18.9 Å². The Morgan fingerprint density at radius 2 is 1.54 bits per heavy atom. The molecule has 1 atom stereocenters. The van der Waals surface area contributed by atoms with E-state index >= 15 is 0 Å². The largest absolute Gasteiger partial charge is 0.494 e. The van der Waals surface area contributed by atoms with Crippen LogP contribution in [0.2, 0.25) is 0 Å². The Balaban J connectivity index is 2.01. The number of esters is 1. The predicted molar refractivity (Wildman–Crippen MR) is 98.0 cm³/mol. The van der Waals surface area contributed by atoms with Crippen LogP contribution < -0.4 is 14.2 Å². The maximum atomic E-state index is 12.1. The summed E-state index contributed by atoms with van der Waals surface area (Å²) in [4.78, 5) is 12.1. The van der Waals surface area contributed by atoms with Gasteiger partial charge in [0, 0.05) is 5.56 Å². The van der Waals surface area contributed by atoms with E-state index in [0.29, 0.717) is 31.3 Å². The maximum Gasteiger partial charge on any atom is 0.311 e. The molecule has 0 radical (unpaired) electrons. The second-order valence-electron chi connectivity index (χ2n) is 5.91. The van der Waals surface area contributed by atoms with Crippen LogP contribution in [-0.2, 0) is 16.0 Å². The Kier molecular flexibility index (Phi) is 5.66. The molecule has 0 N–H and O–H groups in total. The molecule has 1 aliphatic rings. The van der Waals surface area contributed by atoms with Crippen molar-refractivity contribution in [1.29, 1.82) is 0 Å². The summed E-state index contributed by atoms with van der Waals surface area (Å²) in [6.45, 7) is 7.47. The summed E-state index contributed by atoms with van der Waals surface area (Å²) in [5.41, 5.74) is 2.74. The SMILES string of the molecule is CCOc1ccc(C2OC(=O)Cc3cc(OCC)c(OCC)cc32)cc1. The fraction of sp³-hybridized carbons (Fsp3) is 0.381. The van der Waals surface area contributed by atoms with Gasteiger partial charge < -0.3 is 18.9 Å². The van der Waals surface area contributed by atoms with E-state index in [1.165, 1.54) is 0 Å². The second kappa shape index (κ2) is 8.13. The van der Waals surface area contributed by atoms with Gasteiger partial charge in [-0.15, -0.1) is 0 Å². The van der Waals surface area contributed by atoms with Crippen molar-refractivity contribution in [2.24, 2.45) is 0 Å². The highest BCUT2D eigenvalue weighted by Crippen LogP contribution is 2.40. The van der Waals surface area contributed by atoms with Crippen LogP contribution in [0.5, 0.6) is 17.2 Å². The smallest absolute Gasteiger partial charge is 0.311 e. The van der Waals surface area contributed by atoms with Crippen molar-refractivity contribution >= 4 is 5.97 Å². The first-order chi connectivity index (χ1) is 12.7. The van der Waals surface area contributed by atoms with E-state index in [2.05, 4.69) is 0 Å². The zero-order chi connectivity index (χ0) is 18.5. The van der Waals surface area contributed by atoms with Crippen LogP contribution in [0, 0.1) is 0 Å². The molecule has 0 saturated heterocycles. The Morgan fingerprint density at radius 1 is 0.923 bits per heavy atom. The zero-order valence-corrected chi connectivity index (χ0v) is 15.4. The van der Waals surface area contributed by atoms with E-state index in [0.717, 1.165) is 22.4 Å². The Bertz CT molecular complexity index is 767. The maximum absolute atomic E-state index is 12.1. The molecule has 138 valence electrons. The highest BCUT2D eigenvalue weighted by atomic mass is 16.5. The van der Waals surface area contributed by atoms with Gasteiger partial charge in [-0.2, -0.15) is 0 Å². The highest BCUT2D eigenvalue weighted by Gasteiger charge is 2.30. The number of carbonyl (C=O) groups is 1. The van der Waals surface area contributed by atoms with Crippen LogP contribution in [0.25, 0.3) is 0 Å². The monoisotopic (exact) mass is 356 g/mol. The van der Waals surface area contributed by atoms with Crippen molar-refractivity contribution in [3.8, 4) is 17.2 Å². The van der Waals surface area contributed by atoms with Crippen molar-refractivity contribution < 1.29 is 23.7 Å². The third-order valence-electron chi connectivity index (χ3n) is 4.17. The number of hydrogen-bond donors (Lipinski definition) is 0. The molecule has 26 heavy (non-hydrogen) atoms. The first-order valence-corrected chi connectivity index (χ1v) is 9.00. The summed E-state index contributed by atoms with van der Waals surface area (Å²) in [5.74, 6) is 1.87. The average Bonchev–Trinajstić information content (AvgIpc) is 2.63. The minimum atomic E-state index is -0.461. The summed E-state index contributed by atoms with van der Waals surface area (Å²) in [6, 6.07) is 11.4. The van der Waals surface area contributed by atoms with Crippen LogP contribution in [0.3, 0.4) is 0 Å². The van der Waals surface area contributed by atoms with Gasteiger partial charge in [-0.1, -0.05) is 12.1 Å². The number of hydrogen-bond acceptors (Lipinski definition) is 5. The minimum Gasteiger partial charge on any atom is -0.494 e. The van der Waals surface area contributed by atoms with Gasteiger partial charge in [-0.3, -0.25) is 4.79 Å². The van der Waals surface area contributed by atoms with Crippen LogP contribution in [0.15, 0.2) is 36.4 Å². The summed E-state index contributed by atoms with van der Waals surface area (Å²) in [6.07, 6.45) is -0.230. The van der Waals surface area contributed by atoms with E-state index in [9.17, 15) is 4.79 Å². The molecule has 5 nitrogen and oxygen atoms in total. The fourth-order valence-corrected chi connectivity index (χ4v) is 3.10. The Morgan fingerprint density at radius 3 is 2.15 bits per heavy atom. The van der Waals surface area contributed by atoms with Gasteiger partial charge >= 0.3 is 5.97 Å². The van der Waals surface area contributed by atoms with Gasteiger partial charge in [-0.05, 0) is 56.2 Å². The van der Waals surface area contributed by atoms with Crippen molar-refractivity contribution in [1.82, 2.24) is 0 Å². The van der Waals surface area contributed by atoms with Gasteiger partial charge in [0.25, 0.3) is 0 Å². The second-order valence-corrected chi connectivity index (χ2v) is 5.91. The van der Waals surface area contributed by atoms with Crippen LogP contribution in [-0.4, -0.2) is 25.8 Å². The van der Waals surface area contributed by atoms with Crippen molar-refractivity contribution in [3.05, 3.63) is 53.1 Å². The van der Waals surface area contributed by atoms with Gasteiger partial charge in [0.05, 0.1) is 26.2 Å². The average molecular weight is 356 g/mol. The zero-order valence-electron chi connectivity index (χ0n) is 15.4. The molecular formula is C21H24O5. The lowest BCUT2D eigenvalue weighted by Gasteiger charge is -2.27. The van der Waals surface area contributed by atoms with Gasteiger partial charge in [-0.25, -0.2) is 0 Å². The molecule has 0 saturated carbocycles. The van der Waals surface area contributed by atoms with Crippen molar-refractivity contribution in [2.75, 3.05) is 19.8 Å². The lowest BCUT2D eigenvalue weighted by Crippen LogP contribution is -2.22. The highest BCUT2D eigenvalue weighted by molar-refractivity contribution is 5.77. The molecule has 1 heterocycles. The molecule has 2 aromatic carbocycles. The van der Waals surface area contributed by atoms with Gasteiger partial charge in [0.15, 0.2) is 17.6 Å². The van der Waals surface area contributed by atoms with E-state index < -0.39 is 6.10 Å². The molecule has 1 unspecified atom stereocenters. The molecule has 0 fully saturated rings. The topological polar surface area (TPSA) is 54.0 Å². The number of carbonyl (C=O) groups excluding carboxylic acids is 1. The van der Waals surface area contributed by atoms with Crippen LogP contribution in [0.4, 0.5) is 0 Å². The third kappa shape index (κ3) is 3.77. The predicted octanol–water partition coefficient (Wildman–Crippen LogP) is 4.07. The third-order valence-corrected chi connectivity index (χ3v) is 4.17. The molecule has 0 aromatic heterocycles. The standard InChI is InChI=1S/C21H24O5/c1-4-23-16-9-7-14(8-10-16)21-17-13-19(25-6-3)18(24-5-2)11-15(17)12-20(22)26-21/h7-11,13,21H,4-6,12H2,1-3H3. The quantitative estimate of drug-likeness (QED) is 0.700. The normalized spacial score (nSPS) is 15.8. The molecular weight excluding hydrogens is 332 g/mol. The molecule has 1 aliphatic heterocycles. The molecule has 0 amide bonds. The first kappa shape index (κ1) is 18.1. The van der Waals surface area contributed by atoms with Gasteiger partial charge in [0.2, 0.25) is 0 Å². The van der Waals surface area contributed by atoms with Crippen molar-refractivity contribution in [3.63, 3.8) is 0 Å². The lowest BCUT2D eigenvalue weighted by atomic mass is 9.92. The summed E-state index contributed by atoms with van der Waals surface area (Å²) < 4.78 is 22.6. The van der Waals surface area contributed by atoms with Crippen molar-refractivity contribution in [2.45, 2.75) is 33.3 Å². The number of benzene rings is 2. The van der Waals surface area contributed by atoms with Gasteiger partial charge in [0.1, 0.15) is 5.75 Å².